The van der Waals surface area contributed by atoms with Crippen LogP contribution in [0.3, 0.4) is 0 Å². The molecule has 4 rings (SSSR count). The van der Waals surface area contributed by atoms with E-state index in [-0.39, 0.29) is 29.7 Å². The summed E-state index contributed by atoms with van der Waals surface area (Å²) in [5, 5.41) is 0. The van der Waals surface area contributed by atoms with Crippen LogP contribution in [-0.2, 0) is 25.3 Å². The summed E-state index contributed by atoms with van der Waals surface area (Å²) in [5.74, 6) is 0.170. The molecule has 1 aliphatic carbocycles. The van der Waals surface area contributed by atoms with E-state index in [1.165, 1.54) is 6.42 Å². The molecule has 7 heteroatoms. The molecule has 28 heavy (non-hydrogen) atoms. The number of piperidine rings is 1. The Kier molecular flexibility index (Phi) is 6.04. The van der Waals surface area contributed by atoms with Gasteiger partial charge in [-0.25, -0.2) is 12.7 Å². The normalized spacial score (nSPS) is 27.4. The predicted octanol–water partition coefficient (Wildman–Crippen LogP) is 2.40. The monoisotopic (exact) mass is 406 g/mol. The summed E-state index contributed by atoms with van der Waals surface area (Å²) in [6, 6.07) is 9.50. The zero-order chi connectivity index (χ0) is 19.6. The molecule has 0 spiro atoms. The van der Waals surface area contributed by atoms with Crippen LogP contribution < -0.4 is 0 Å². The number of carbonyl (C=O) groups excluding carboxylic acids is 1. The fraction of sp³-hybridized carbons (Fsp3) is 0.667. The van der Waals surface area contributed by atoms with Crippen molar-refractivity contribution >= 4 is 15.9 Å². The maximum absolute atomic E-state index is 13.2. The van der Waals surface area contributed by atoms with Gasteiger partial charge in [0.25, 0.3) is 0 Å². The number of fused-ring (bicyclic) bond motifs is 1. The number of amides is 1. The van der Waals surface area contributed by atoms with Crippen molar-refractivity contribution in [3.63, 3.8) is 0 Å². The molecule has 2 heterocycles. The van der Waals surface area contributed by atoms with Gasteiger partial charge in [0.1, 0.15) is 0 Å². The van der Waals surface area contributed by atoms with E-state index in [1.807, 2.05) is 35.2 Å². The minimum absolute atomic E-state index is 0.0275. The Morgan fingerprint density at radius 3 is 2.46 bits per heavy atom. The van der Waals surface area contributed by atoms with Crippen LogP contribution >= 0.6 is 0 Å². The van der Waals surface area contributed by atoms with Crippen molar-refractivity contribution in [2.45, 2.75) is 56.4 Å². The molecule has 0 aromatic heterocycles. The van der Waals surface area contributed by atoms with Crippen LogP contribution in [0.1, 0.15) is 44.1 Å². The second-order valence-electron chi connectivity index (χ2n) is 8.21. The van der Waals surface area contributed by atoms with E-state index in [0.29, 0.717) is 39.1 Å². The average Bonchev–Trinajstić information content (AvgIpc) is 2.73. The van der Waals surface area contributed by atoms with Gasteiger partial charge in [-0.2, -0.15) is 0 Å². The van der Waals surface area contributed by atoms with Gasteiger partial charge in [0.05, 0.1) is 24.5 Å². The zero-order valence-corrected chi connectivity index (χ0v) is 17.1. The molecule has 2 aliphatic heterocycles. The smallest absolute Gasteiger partial charge is 0.226 e. The molecule has 0 N–H and O–H groups in total. The van der Waals surface area contributed by atoms with Crippen LogP contribution in [-0.4, -0.2) is 61.9 Å². The Hall–Kier alpha value is -1.44. The van der Waals surface area contributed by atoms with Gasteiger partial charge in [-0.05, 0) is 31.2 Å². The molecule has 1 amide bonds. The second kappa shape index (κ2) is 8.51. The van der Waals surface area contributed by atoms with Crippen LogP contribution in [0.5, 0.6) is 0 Å². The number of sulfonamides is 1. The number of hydrogen-bond donors (Lipinski definition) is 0. The van der Waals surface area contributed by atoms with Crippen molar-refractivity contribution in [1.29, 1.82) is 0 Å². The number of nitrogens with zero attached hydrogens (tertiary/aromatic N) is 2. The summed E-state index contributed by atoms with van der Waals surface area (Å²) < 4.78 is 32.9. The minimum atomic E-state index is -3.34. The van der Waals surface area contributed by atoms with E-state index in [4.69, 9.17) is 4.74 Å². The lowest BCUT2D eigenvalue weighted by molar-refractivity contribution is -0.154. The first kappa shape index (κ1) is 19.9. The van der Waals surface area contributed by atoms with Crippen LogP contribution in [0, 0.1) is 5.92 Å². The van der Waals surface area contributed by atoms with Gasteiger partial charge in [-0.3, -0.25) is 4.79 Å². The van der Waals surface area contributed by atoms with Crippen LogP contribution in [0.25, 0.3) is 0 Å². The number of carbonyl (C=O) groups is 1. The first-order valence-corrected chi connectivity index (χ1v) is 12.1. The Morgan fingerprint density at radius 1 is 1.00 bits per heavy atom. The molecular weight excluding hydrogens is 376 g/mol. The summed E-state index contributed by atoms with van der Waals surface area (Å²) in [6.45, 7) is 2.16. The fourth-order valence-electron chi connectivity index (χ4n) is 4.86. The van der Waals surface area contributed by atoms with Gasteiger partial charge in [0, 0.05) is 25.6 Å². The van der Waals surface area contributed by atoms with E-state index in [1.54, 1.807) is 4.31 Å². The molecule has 2 saturated heterocycles. The van der Waals surface area contributed by atoms with Gasteiger partial charge in [0.15, 0.2) is 0 Å². The van der Waals surface area contributed by atoms with Gasteiger partial charge in [0.2, 0.25) is 15.9 Å². The van der Waals surface area contributed by atoms with E-state index in [0.717, 1.165) is 24.8 Å². The van der Waals surface area contributed by atoms with Crippen molar-refractivity contribution in [3.8, 4) is 0 Å². The predicted molar refractivity (Wildman–Crippen MR) is 107 cm³/mol. The first-order chi connectivity index (χ1) is 13.5. The first-order valence-electron chi connectivity index (χ1n) is 10.5. The summed E-state index contributed by atoms with van der Waals surface area (Å²) in [4.78, 5) is 15.2. The molecule has 3 fully saturated rings. The second-order valence-corrected chi connectivity index (χ2v) is 10.2. The van der Waals surface area contributed by atoms with E-state index in [9.17, 15) is 13.2 Å². The van der Waals surface area contributed by atoms with E-state index < -0.39 is 10.0 Å². The number of rotatable bonds is 4. The maximum atomic E-state index is 13.2. The number of ether oxygens (including phenoxy) is 1. The number of morpholine rings is 1. The third kappa shape index (κ3) is 4.26. The van der Waals surface area contributed by atoms with Gasteiger partial charge < -0.3 is 9.64 Å². The third-order valence-corrected chi connectivity index (χ3v) is 8.25. The lowest BCUT2D eigenvalue weighted by Gasteiger charge is -2.45. The highest BCUT2D eigenvalue weighted by atomic mass is 32.2. The largest absolute Gasteiger partial charge is 0.374 e. The molecule has 6 nitrogen and oxygen atoms in total. The number of hydrogen-bond acceptors (Lipinski definition) is 4. The van der Waals surface area contributed by atoms with E-state index >= 15 is 0 Å². The summed E-state index contributed by atoms with van der Waals surface area (Å²) in [7, 11) is -3.34. The van der Waals surface area contributed by atoms with Crippen LogP contribution in [0.2, 0.25) is 0 Å². The van der Waals surface area contributed by atoms with Crippen LogP contribution in [0.4, 0.5) is 0 Å². The van der Waals surface area contributed by atoms with Gasteiger partial charge in [-0.15, -0.1) is 0 Å². The maximum Gasteiger partial charge on any atom is 0.226 e. The summed E-state index contributed by atoms with van der Waals surface area (Å²) in [5.41, 5.74) is 0.803. The molecule has 0 bridgehead atoms. The summed E-state index contributed by atoms with van der Waals surface area (Å²) >= 11 is 0. The molecule has 2 unspecified atom stereocenters. The Morgan fingerprint density at radius 2 is 1.71 bits per heavy atom. The molecular formula is C21H30N2O4S. The molecule has 1 aromatic rings. The Balaban J connectivity index is 1.35. The van der Waals surface area contributed by atoms with Crippen LogP contribution in [0.15, 0.2) is 30.3 Å². The lowest BCUT2D eigenvalue weighted by atomic mass is 9.88. The number of benzene rings is 1. The standard InChI is InChI=1S/C21H30N2O4S/c24-21(23-14-15-27-20-9-5-4-8-19(20)23)18-10-12-22(13-11-18)28(25,26)16-17-6-2-1-3-7-17/h1-3,6-7,18-20H,4-5,8-16H2. The lowest BCUT2D eigenvalue weighted by Crippen LogP contribution is -2.57. The summed E-state index contributed by atoms with van der Waals surface area (Å²) in [6.07, 6.45) is 5.83. The van der Waals surface area contributed by atoms with E-state index in [2.05, 4.69) is 0 Å². The molecule has 0 radical (unpaired) electrons. The van der Waals surface area contributed by atoms with Crippen molar-refractivity contribution < 1.29 is 17.9 Å². The molecule has 154 valence electrons. The van der Waals surface area contributed by atoms with Crippen molar-refractivity contribution in [1.82, 2.24) is 9.21 Å². The fourth-order valence-corrected chi connectivity index (χ4v) is 6.43. The highest BCUT2D eigenvalue weighted by molar-refractivity contribution is 7.88. The van der Waals surface area contributed by atoms with Gasteiger partial charge >= 0.3 is 0 Å². The topological polar surface area (TPSA) is 66.9 Å². The Labute approximate surface area is 167 Å². The zero-order valence-electron chi connectivity index (χ0n) is 16.3. The average molecular weight is 407 g/mol. The highest BCUT2D eigenvalue weighted by Gasteiger charge is 2.40. The van der Waals surface area contributed by atoms with Crippen molar-refractivity contribution in [2.24, 2.45) is 5.92 Å². The molecule has 2 atom stereocenters. The quantitative estimate of drug-likeness (QED) is 0.770. The SMILES string of the molecule is O=C(C1CCN(S(=O)(=O)Cc2ccccc2)CC1)N1CCOC2CCCCC21. The molecule has 1 aromatic carbocycles. The molecule has 1 saturated carbocycles. The van der Waals surface area contributed by atoms with Gasteiger partial charge in [-0.1, -0.05) is 43.2 Å². The Bertz CT molecular complexity index is 773. The highest BCUT2D eigenvalue weighted by Crippen LogP contribution is 2.31. The van der Waals surface area contributed by atoms with Crippen molar-refractivity contribution in [3.05, 3.63) is 35.9 Å². The van der Waals surface area contributed by atoms with Crippen molar-refractivity contribution in [2.75, 3.05) is 26.2 Å². The minimum Gasteiger partial charge on any atom is -0.374 e. The molecule has 3 aliphatic rings. The third-order valence-electron chi connectivity index (χ3n) is 6.40.